The third-order valence-electron chi connectivity index (χ3n) is 6.97. The van der Waals surface area contributed by atoms with Crippen LogP contribution in [-0.4, -0.2) is 13.3 Å². The Morgan fingerprint density at radius 3 is 1.33 bits per heavy atom. The van der Waals surface area contributed by atoms with Crippen LogP contribution in [0.25, 0.3) is 54.9 Å². The molecule has 1 nitrogen and oxygen atoms in total. The first-order valence-corrected chi connectivity index (χ1v) is 14.9. The van der Waals surface area contributed by atoms with Gasteiger partial charge in [-0.05, 0) is 74.3 Å². The average molecular weight is 483 g/mol. The lowest BCUT2D eigenvalue weighted by molar-refractivity contribution is 0.588. The van der Waals surface area contributed by atoms with Crippen LogP contribution in [0, 0.1) is 0 Å². The van der Waals surface area contributed by atoms with Crippen LogP contribution in [0.1, 0.15) is 0 Å². The van der Waals surface area contributed by atoms with Crippen LogP contribution >= 0.6 is 7.14 Å². The fourth-order valence-electron chi connectivity index (χ4n) is 5.21. The molecule has 2 heteroatoms. The summed E-state index contributed by atoms with van der Waals surface area (Å²) in [4.78, 5) is 0. The summed E-state index contributed by atoms with van der Waals surface area (Å²) >= 11 is 0. The van der Waals surface area contributed by atoms with Crippen molar-refractivity contribution in [3.63, 3.8) is 0 Å². The van der Waals surface area contributed by atoms with Crippen LogP contribution in [0.3, 0.4) is 0 Å². The van der Waals surface area contributed by atoms with Crippen molar-refractivity contribution in [3.05, 3.63) is 127 Å². The molecule has 0 spiro atoms. The van der Waals surface area contributed by atoms with E-state index in [9.17, 15) is 4.57 Å². The molecule has 0 aromatic heterocycles. The standard InChI is InChI=1S/C34H27OP/c1-36(2,35)28-14-10-13-27(23-28)24-19-21-26(22-20-24)34-31-17-8-6-15-29(31)33(25-11-4-3-5-12-25)30-16-7-9-18-32(30)34/h3-23H,1-2H3. The Bertz CT molecular complexity index is 1700. The zero-order valence-electron chi connectivity index (χ0n) is 20.5. The van der Waals surface area contributed by atoms with Gasteiger partial charge in [0.25, 0.3) is 0 Å². The maximum absolute atomic E-state index is 12.6. The molecule has 0 heterocycles. The molecular formula is C34H27OP. The predicted octanol–water partition coefficient (Wildman–Crippen LogP) is 9.24. The quantitative estimate of drug-likeness (QED) is 0.181. The lowest BCUT2D eigenvalue weighted by atomic mass is 9.86. The van der Waals surface area contributed by atoms with E-state index >= 15 is 0 Å². The summed E-state index contributed by atoms with van der Waals surface area (Å²) in [7, 11) is -2.31. The van der Waals surface area contributed by atoms with Gasteiger partial charge in [-0.25, -0.2) is 0 Å². The minimum Gasteiger partial charge on any atom is -0.319 e. The van der Waals surface area contributed by atoms with Crippen molar-refractivity contribution < 1.29 is 4.57 Å². The van der Waals surface area contributed by atoms with Crippen LogP contribution in [0.5, 0.6) is 0 Å². The van der Waals surface area contributed by atoms with Crippen molar-refractivity contribution in [2.75, 3.05) is 13.3 Å². The van der Waals surface area contributed by atoms with E-state index in [1.165, 1.54) is 43.8 Å². The summed E-state index contributed by atoms with van der Waals surface area (Å²) in [6.07, 6.45) is 0. The minimum atomic E-state index is -2.31. The van der Waals surface area contributed by atoms with Crippen molar-refractivity contribution in [1.82, 2.24) is 0 Å². The molecular weight excluding hydrogens is 455 g/mol. The maximum Gasteiger partial charge on any atom is 0.109 e. The summed E-state index contributed by atoms with van der Waals surface area (Å²) in [5.41, 5.74) is 7.19. The summed E-state index contributed by atoms with van der Waals surface area (Å²) < 4.78 is 12.6. The fraction of sp³-hybridized carbons (Fsp3) is 0.0588. The molecule has 6 rings (SSSR count). The van der Waals surface area contributed by atoms with Gasteiger partial charge >= 0.3 is 0 Å². The first-order valence-electron chi connectivity index (χ1n) is 12.3. The molecule has 174 valence electrons. The third kappa shape index (κ3) is 3.96. The second-order valence-corrected chi connectivity index (χ2v) is 12.9. The van der Waals surface area contributed by atoms with E-state index in [-0.39, 0.29) is 0 Å². The molecule has 0 N–H and O–H groups in total. The smallest absolute Gasteiger partial charge is 0.109 e. The topological polar surface area (TPSA) is 17.1 Å². The van der Waals surface area contributed by atoms with Crippen molar-refractivity contribution in [2.24, 2.45) is 0 Å². The highest BCUT2D eigenvalue weighted by atomic mass is 31.2. The van der Waals surface area contributed by atoms with Crippen molar-refractivity contribution in [2.45, 2.75) is 0 Å². The van der Waals surface area contributed by atoms with E-state index in [1.54, 1.807) is 0 Å². The molecule has 0 bridgehead atoms. The van der Waals surface area contributed by atoms with Gasteiger partial charge in [0, 0.05) is 5.30 Å². The summed E-state index contributed by atoms with van der Waals surface area (Å²) in [6.45, 7) is 3.65. The Morgan fingerprint density at radius 2 is 0.833 bits per heavy atom. The molecule has 0 saturated carbocycles. The Kier molecular flexibility index (Phi) is 5.59. The van der Waals surface area contributed by atoms with E-state index in [0.29, 0.717) is 0 Å². The van der Waals surface area contributed by atoms with Gasteiger partial charge in [-0.1, -0.05) is 121 Å². The van der Waals surface area contributed by atoms with Crippen LogP contribution in [-0.2, 0) is 4.57 Å². The van der Waals surface area contributed by atoms with Gasteiger partial charge in [-0.3, -0.25) is 0 Å². The lowest BCUT2D eigenvalue weighted by Crippen LogP contribution is -2.02. The van der Waals surface area contributed by atoms with Gasteiger partial charge in [-0.15, -0.1) is 0 Å². The van der Waals surface area contributed by atoms with Crippen LogP contribution in [0.4, 0.5) is 0 Å². The molecule has 0 amide bonds. The largest absolute Gasteiger partial charge is 0.319 e. The lowest BCUT2D eigenvalue weighted by Gasteiger charge is -2.18. The Balaban J connectivity index is 1.56. The molecule has 0 aliphatic heterocycles. The van der Waals surface area contributed by atoms with E-state index < -0.39 is 7.14 Å². The molecule has 0 aliphatic carbocycles. The Labute approximate surface area is 212 Å². The number of hydrogen-bond donors (Lipinski definition) is 0. The average Bonchev–Trinajstić information content (AvgIpc) is 2.92. The highest BCUT2D eigenvalue weighted by molar-refractivity contribution is 7.70. The third-order valence-corrected chi connectivity index (χ3v) is 8.49. The number of fused-ring (bicyclic) bond motifs is 2. The highest BCUT2D eigenvalue weighted by Crippen LogP contribution is 2.43. The van der Waals surface area contributed by atoms with Crippen molar-refractivity contribution in [1.29, 1.82) is 0 Å². The number of rotatable bonds is 4. The molecule has 6 aromatic rings. The van der Waals surface area contributed by atoms with E-state index in [2.05, 4.69) is 115 Å². The number of hydrogen-bond acceptors (Lipinski definition) is 1. The van der Waals surface area contributed by atoms with Gasteiger partial charge in [0.15, 0.2) is 0 Å². The van der Waals surface area contributed by atoms with Crippen LogP contribution < -0.4 is 5.30 Å². The van der Waals surface area contributed by atoms with Gasteiger partial charge in [0.05, 0.1) is 0 Å². The summed E-state index contributed by atoms with van der Waals surface area (Å²) in [5.74, 6) is 0. The molecule has 0 aliphatic rings. The van der Waals surface area contributed by atoms with Crippen LogP contribution in [0.2, 0.25) is 0 Å². The molecule has 0 radical (unpaired) electrons. The minimum absolute atomic E-state index is 0.914. The van der Waals surface area contributed by atoms with Gasteiger partial charge in [0.1, 0.15) is 7.14 Å². The zero-order chi connectivity index (χ0) is 24.7. The van der Waals surface area contributed by atoms with Crippen LogP contribution in [0.15, 0.2) is 127 Å². The van der Waals surface area contributed by atoms with Crippen molar-refractivity contribution >= 4 is 34.0 Å². The SMILES string of the molecule is CP(C)(=O)c1cccc(-c2ccc(-c3c4ccccc4c(-c4ccccc4)c4ccccc34)cc2)c1. The Morgan fingerprint density at radius 1 is 0.417 bits per heavy atom. The molecule has 0 fully saturated rings. The first-order chi connectivity index (χ1) is 17.5. The molecule has 0 saturated heterocycles. The second-order valence-electron chi connectivity index (χ2n) is 9.69. The molecule has 6 aromatic carbocycles. The first kappa shape index (κ1) is 22.5. The normalized spacial score (nSPS) is 11.7. The zero-order valence-corrected chi connectivity index (χ0v) is 21.4. The second kappa shape index (κ2) is 8.94. The van der Waals surface area contributed by atoms with E-state index in [0.717, 1.165) is 16.4 Å². The van der Waals surface area contributed by atoms with Crippen molar-refractivity contribution in [3.8, 4) is 33.4 Å². The predicted molar refractivity (Wildman–Crippen MR) is 157 cm³/mol. The monoisotopic (exact) mass is 482 g/mol. The molecule has 0 atom stereocenters. The molecule has 36 heavy (non-hydrogen) atoms. The van der Waals surface area contributed by atoms with E-state index in [1.807, 2.05) is 25.5 Å². The number of benzene rings is 6. The molecule has 0 unspecified atom stereocenters. The fourth-order valence-corrected chi connectivity index (χ4v) is 6.10. The van der Waals surface area contributed by atoms with Gasteiger partial charge < -0.3 is 4.57 Å². The van der Waals surface area contributed by atoms with Gasteiger partial charge in [-0.2, -0.15) is 0 Å². The highest BCUT2D eigenvalue weighted by Gasteiger charge is 2.16. The van der Waals surface area contributed by atoms with Gasteiger partial charge in [0.2, 0.25) is 0 Å². The Hall–Kier alpha value is -3.93. The summed E-state index contributed by atoms with van der Waals surface area (Å²) in [5, 5.41) is 5.94. The maximum atomic E-state index is 12.6. The van der Waals surface area contributed by atoms with E-state index in [4.69, 9.17) is 0 Å². The summed E-state index contributed by atoms with van der Waals surface area (Å²) in [6, 6.07) is 45.1.